The number of anilines is 1. The highest BCUT2D eigenvalue weighted by Gasteiger charge is 2.18. The first kappa shape index (κ1) is 11.9. The molecule has 0 unspecified atom stereocenters. The molecule has 0 atom stereocenters. The van der Waals surface area contributed by atoms with E-state index in [1.54, 1.807) is 4.68 Å². The van der Waals surface area contributed by atoms with E-state index in [9.17, 15) is 4.79 Å². The van der Waals surface area contributed by atoms with Crippen molar-refractivity contribution in [2.24, 2.45) is 5.73 Å². The Morgan fingerprint density at radius 1 is 1.60 bits per heavy atom. The predicted octanol–water partition coefficient (Wildman–Crippen LogP) is 1.09. The van der Waals surface area contributed by atoms with Crippen molar-refractivity contribution in [1.82, 2.24) is 9.78 Å². The Kier molecular flexibility index (Phi) is 4.02. The monoisotopic (exact) mass is 228 g/mol. The average Bonchev–Trinajstić information content (AvgIpc) is 2.52. The summed E-state index contributed by atoms with van der Waals surface area (Å²) in [5, 5.41) is 4.85. The van der Waals surface area contributed by atoms with Crippen LogP contribution in [0.15, 0.2) is 5.03 Å². The fourth-order valence-corrected chi connectivity index (χ4v) is 1.89. The lowest BCUT2D eigenvalue weighted by Gasteiger charge is -2.01. The Labute approximate surface area is 93.2 Å². The van der Waals surface area contributed by atoms with E-state index in [0.29, 0.717) is 16.4 Å². The lowest BCUT2D eigenvalue weighted by atomic mass is 10.3. The summed E-state index contributed by atoms with van der Waals surface area (Å²) >= 11 is 1.38. The van der Waals surface area contributed by atoms with Crippen LogP contribution in [0.1, 0.15) is 30.1 Å². The van der Waals surface area contributed by atoms with E-state index in [1.807, 2.05) is 6.26 Å². The molecule has 0 fully saturated rings. The van der Waals surface area contributed by atoms with Crippen molar-refractivity contribution in [3.05, 3.63) is 5.56 Å². The molecule has 84 valence electrons. The van der Waals surface area contributed by atoms with E-state index in [0.717, 1.165) is 19.4 Å². The van der Waals surface area contributed by atoms with Crippen molar-refractivity contribution >= 4 is 23.5 Å². The first-order valence-corrected chi connectivity index (χ1v) is 6.04. The molecule has 0 aliphatic carbocycles. The number of amides is 1. The van der Waals surface area contributed by atoms with Gasteiger partial charge >= 0.3 is 0 Å². The lowest BCUT2D eigenvalue weighted by molar-refractivity contribution is 0.0998. The highest BCUT2D eigenvalue weighted by molar-refractivity contribution is 7.98. The summed E-state index contributed by atoms with van der Waals surface area (Å²) < 4.78 is 1.65. The normalized spacial score (nSPS) is 10.5. The van der Waals surface area contributed by atoms with Gasteiger partial charge in [-0.2, -0.15) is 5.10 Å². The van der Waals surface area contributed by atoms with Gasteiger partial charge in [-0.05, 0) is 12.7 Å². The van der Waals surface area contributed by atoms with E-state index in [1.165, 1.54) is 11.8 Å². The molecular formula is C9H16N4OS. The molecule has 1 rings (SSSR count). The van der Waals surface area contributed by atoms with Crippen LogP contribution in [0.3, 0.4) is 0 Å². The molecule has 1 aromatic heterocycles. The van der Waals surface area contributed by atoms with Crippen LogP contribution in [-0.2, 0) is 6.54 Å². The second-order valence-electron chi connectivity index (χ2n) is 3.21. The minimum Gasteiger partial charge on any atom is -0.383 e. The molecule has 0 aliphatic heterocycles. The van der Waals surface area contributed by atoms with Crippen LogP contribution in [0.2, 0.25) is 0 Å². The Balaban J connectivity index is 3.04. The summed E-state index contributed by atoms with van der Waals surface area (Å²) in [6, 6.07) is 0. The maximum absolute atomic E-state index is 11.2. The van der Waals surface area contributed by atoms with Crippen molar-refractivity contribution in [3.63, 3.8) is 0 Å². The van der Waals surface area contributed by atoms with Gasteiger partial charge in [-0.15, -0.1) is 11.8 Å². The zero-order valence-electron chi connectivity index (χ0n) is 8.99. The molecule has 0 aromatic carbocycles. The summed E-state index contributed by atoms with van der Waals surface area (Å²) in [6.45, 7) is 2.81. The number of thioether (sulfide) groups is 1. The summed E-state index contributed by atoms with van der Waals surface area (Å²) in [5.41, 5.74) is 11.4. The highest BCUT2D eigenvalue weighted by Crippen LogP contribution is 2.24. The topological polar surface area (TPSA) is 86.9 Å². The fourth-order valence-electron chi connectivity index (χ4n) is 1.30. The number of hydrogen-bond donors (Lipinski definition) is 2. The average molecular weight is 228 g/mol. The van der Waals surface area contributed by atoms with Crippen LogP contribution in [-0.4, -0.2) is 21.9 Å². The largest absolute Gasteiger partial charge is 0.383 e. The summed E-state index contributed by atoms with van der Waals surface area (Å²) in [5.74, 6) is -0.139. The number of nitrogens with zero attached hydrogens (tertiary/aromatic N) is 2. The Morgan fingerprint density at radius 3 is 2.67 bits per heavy atom. The van der Waals surface area contributed by atoms with Crippen LogP contribution in [0.25, 0.3) is 0 Å². The predicted molar refractivity (Wildman–Crippen MR) is 61.8 cm³/mol. The fraction of sp³-hybridized carbons (Fsp3) is 0.556. The van der Waals surface area contributed by atoms with E-state index in [4.69, 9.17) is 11.5 Å². The molecule has 0 radical (unpaired) electrons. The molecule has 1 heterocycles. The number of nitrogen functional groups attached to an aromatic ring is 1. The third-order valence-corrected chi connectivity index (χ3v) is 2.80. The molecule has 0 spiro atoms. The molecule has 0 saturated heterocycles. The third kappa shape index (κ3) is 2.44. The third-order valence-electron chi connectivity index (χ3n) is 2.12. The molecule has 1 amide bonds. The summed E-state index contributed by atoms with van der Waals surface area (Å²) in [6.07, 6.45) is 3.89. The molecule has 1 aromatic rings. The van der Waals surface area contributed by atoms with E-state index < -0.39 is 5.91 Å². The number of aromatic nitrogens is 2. The number of unbranched alkanes of at least 4 members (excludes halogenated alkanes) is 1. The second kappa shape index (κ2) is 5.06. The molecular weight excluding hydrogens is 212 g/mol. The van der Waals surface area contributed by atoms with Gasteiger partial charge in [0.25, 0.3) is 5.91 Å². The number of carbonyl (C=O) groups is 1. The second-order valence-corrected chi connectivity index (χ2v) is 4.01. The van der Waals surface area contributed by atoms with Gasteiger partial charge in [-0.3, -0.25) is 4.79 Å². The van der Waals surface area contributed by atoms with Crippen molar-refractivity contribution in [3.8, 4) is 0 Å². The lowest BCUT2D eigenvalue weighted by Crippen LogP contribution is -2.14. The number of nitrogens with two attached hydrogens (primary N) is 2. The number of rotatable bonds is 5. The highest BCUT2D eigenvalue weighted by atomic mass is 32.2. The van der Waals surface area contributed by atoms with Gasteiger partial charge in [0.15, 0.2) is 0 Å². The maximum Gasteiger partial charge on any atom is 0.255 e. The number of hydrogen-bond acceptors (Lipinski definition) is 4. The van der Waals surface area contributed by atoms with E-state index >= 15 is 0 Å². The van der Waals surface area contributed by atoms with Crippen molar-refractivity contribution in [2.45, 2.75) is 31.3 Å². The molecule has 0 bridgehead atoms. The molecule has 0 aliphatic rings. The minimum atomic E-state index is -0.514. The maximum atomic E-state index is 11.2. The van der Waals surface area contributed by atoms with Gasteiger partial charge in [0.2, 0.25) is 0 Å². The van der Waals surface area contributed by atoms with Gasteiger partial charge in [-0.1, -0.05) is 13.3 Å². The number of primary amides is 1. The first-order valence-electron chi connectivity index (χ1n) is 4.81. The Bertz CT molecular complexity index is 361. The molecule has 0 saturated carbocycles. The number of carbonyl (C=O) groups excluding carboxylic acids is 1. The van der Waals surface area contributed by atoms with Gasteiger partial charge in [-0.25, -0.2) is 4.68 Å². The molecule has 6 heteroatoms. The van der Waals surface area contributed by atoms with Crippen LogP contribution >= 0.6 is 11.8 Å². The first-order chi connectivity index (χ1) is 7.11. The molecule has 15 heavy (non-hydrogen) atoms. The zero-order valence-corrected chi connectivity index (χ0v) is 9.80. The minimum absolute atomic E-state index is 0.346. The Morgan fingerprint density at radius 2 is 2.27 bits per heavy atom. The van der Waals surface area contributed by atoms with Gasteiger partial charge in [0.05, 0.1) is 0 Å². The molecule has 5 nitrogen and oxygen atoms in total. The smallest absolute Gasteiger partial charge is 0.255 e. The van der Waals surface area contributed by atoms with Crippen molar-refractivity contribution in [2.75, 3.05) is 12.0 Å². The van der Waals surface area contributed by atoms with Crippen molar-refractivity contribution < 1.29 is 4.79 Å². The van der Waals surface area contributed by atoms with Crippen LogP contribution in [0.5, 0.6) is 0 Å². The summed E-state index contributed by atoms with van der Waals surface area (Å²) in [4.78, 5) is 11.2. The number of aryl methyl sites for hydroxylation is 1. The summed E-state index contributed by atoms with van der Waals surface area (Å²) in [7, 11) is 0. The van der Waals surface area contributed by atoms with E-state index in [-0.39, 0.29) is 0 Å². The van der Waals surface area contributed by atoms with Crippen LogP contribution in [0.4, 0.5) is 5.82 Å². The SMILES string of the molecule is CCCCn1nc(SC)c(C(N)=O)c1N. The van der Waals surface area contributed by atoms with Crippen LogP contribution < -0.4 is 11.5 Å². The zero-order chi connectivity index (χ0) is 11.4. The van der Waals surface area contributed by atoms with E-state index in [2.05, 4.69) is 12.0 Å². The van der Waals surface area contributed by atoms with Crippen molar-refractivity contribution in [1.29, 1.82) is 0 Å². The van der Waals surface area contributed by atoms with Gasteiger partial charge < -0.3 is 11.5 Å². The van der Waals surface area contributed by atoms with Crippen LogP contribution in [0, 0.1) is 0 Å². The Hall–Kier alpha value is -1.17. The van der Waals surface area contributed by atoms with Gasteiger partial charge in [0.1, 0.15) is 16.4 Å². The quantitative estimate of drug-likeness (QED) is 0.738. The standard InChI is InChI=1S/C9H16N4OS/c1-3-4-5-13-7(10)6(8(11)14)9(12-13)15-2/h3-5,10H2,1-2H3,(H2,11,14). The van der Waals surface area contributed by atoms with Gasteiger partial charge in [0, 0.05) is 6.54 Å². The molecule has 4 N–H and O–H groups in total.